The van der Waals surface area contributed by atoms with Crippen molar-refractivity contribution in [3.05, 3.63) is 47.0 Å². The summed E-state index contributed by atoms with van der Waals surface area (Å²) in [4.78, 5) is 24.8. The molecule has 0 saturated heterocycles. The predicted octanol–water partition coefficient (Wildman–Crippen LogP) is 2.56. The average molecular weight is 402 g/mol. The molecule has 2 amide bonds. The highest BCUT2D eigenvalue weighted by Gasteiger charge is 2.20. The van der Waals surface area contributed by atoms with E-state index in [-0.39, 0.29) is 5.56 Å². The van der Waals surface area contributed by atoms with Gasteiger partial charge in [-0.05, 0) is 50.1 Å². The van der Waals surface area contributed by atoms with Crippen LogP contribution < -0.4 is 29.8 Å². The number of aryl methyl sites for hydroxylation is 1. The van der Waals surface area contributed by atoms with Crippen molar-refractivity contribution in [1.29, 1.82) is 0 Å². The third-order valence-electron chi connectivity index (χ3n) is 4.45. The van der Waals surface area contributed by atoms with Crippen LogP contribution in [0.2, 0.25) is 0 Å². The van der Waals surface area contributed by atoms with Gasteiger partial charge in [-0.3, -0.25) is 20.4 Å². The second-order valence-electron chi connectivity index (χ2n) is 6.32. The minimum absolute atomic E-state index is 0.225. The van der Waals surface area contributed by atoms with Crippen molar-refractivity contribution in [2.75, 3.05) is 21.3 Å². The minimum Gasteiger partial charge on any atom is -0.493 e. The SMILES string of the molecule is COc1cc(C(=O)NNC(=O)[C@H](C)Oc2cccc(C)c2C)cc(OC)c1OC. The summed E-state index contributed by atoms with van der Waals surface area (Å²) in [5, 5.41) is 0. The predicted molar refractivity (Wildman–Crippen MR) is 108 cm³/mol. The molecular weight excluding hydrogens is 376 g/mol. The number of carbonyl (C=O) groups is 2. The Morgan fingerprint density at radius 1 is 0.897 bits per heavy atom. The maximum atomic E-state index is 12.4. The first kappa shape index (κ1) is 21.9. The van der Waals surface area contributed by atoms with E-state index >= 15 is 0 Å². The number of hydrazine groups is 1. The van der Waals surface area contributed by atoms with E-state index in [2.05, 4.69) is 10.9 Å². The first-order chi connectivity index (χ1) is 13.8. The van der Waals surface area contributed by atoms with Crippen molar-refractivity contribution in [2.45, 2.75) is 26.9 Å². The molecule has 2 aromatic rings. The van der Waals surface area contributed by atoms with Crippen LogP contribution in [0.3, 0.4) is 0 Å². The van der Waals surface area contributed by atoms with Crippen LogP contribution >= 0.6 is 0 Å². The van der Waals surface area contributed by atoms with Crippen LogP contribution in [0.25, 0.3) is 0 Å². The molecule has 0 aliphatic carbocycles. The van der Waals surface area contributed by atoms with Gasteiger partial charge in [-0.1, -0.05) is 12.1 Å². The molecule has 29 heavy (non-hydrogen) atoms. The number of benzene rings is 2. The maximum absolute atomic E-state index is 12.4. The second-order valence-corrected chi connectivity index (χ2v) is 6.32. The molecule has 0 spiro atoms. The zero-order valence-electron chi connectivity index (χ0n) is 17.4. The Morgan fingerprint density at radius 3 is 2.07 bits per heavy atom. The Kier molecular flexibility index (Phi) is 7.30. The number of methoxy groups -OCH3 is 3. The van der Waals surface area contributed by atoms with Crippen molar-refractivity contribution >= 4 is 11.8 Å². The molecule has 0 radical (unpaired) electrons. The lowest BCUT2D eigenvalue weighted by Crippen LogP contribution is -2.47. The number of hydrogen-bond acceptors (Lipinski definition) is 6. The monoisotopic (exact) mass is 402 g/mol. The van der Waals surface area contributed by atoms with Crippen LogP contribution in [-0.4, -0.2) is 39.2 Å². The van der Waals surface area contributed by atoms with E-state index in [0.717, 1.165) is 11.1 Å². The van der Waals surface area contributed by atoms with Gasteiger partial charge in [0.25, 0.3) is 11.8 Å². The first-order valence-corrected chi connectivity index (χ1v) is 8.95. The van der Waals surface area contributed by atoms with Crippen LogP contribution in [0, 0.1) is 13.8 Å². The summed E-state index contributed by atoms with van der Waals surface area (Å²) in [5.41, 5.74) is 6.96. The number of hydrogen-bond donors (Lipinski definition) is 2. The third-order valence-corrected chi connectivity index (χ3v) is 4.45. The highest BCUT2D eigenvalue weighted by Crippen LogP contribution is 2.38. The summed E-state index contributed by atoms with van der Waals surface area (Å²) < 4.78 is 21.4. The van der Waals surface area contributed by atoms with E-state index in [4.69, 9.17) is 18.9 Å². The molecule has 0 fully saturated rings. The molecule has 0 heterocycles. The second kappa shape index (κ2) is 9.68. The summed E-state index contributed by atoms with van der Waals surface area (Å²) >= 11 is 0. The van der Waals surface area contributed by atoms with Gasteiger partial charge in [-0.2, -0.15) is 0 Å². The number of amides is 2. The summed E-state index contributed by atoms with van der Waals surface area (Å²) in [6.07, 6.45) is -0.810. The van der Waals surface area contributed by atoms with Crippen LogP contribution in [-0.2, 0) is 4.79 Å². The number of rotatable bonds is 7. The van der Waals surface area contributed by atoms with Crippen molar-refractivity contribution in [3.63, 3.8) is 0 Å². The molecular formula is C21H26N2O6. The Morgan fingerprint density at radius 2 is 1.52 bits per heavy atom. The van der Waals surface area contributed by atoms with Gasteiger partial charge in [-0.15, -0.1) is 0 Å². The molecule has 2 N–H and O–H groups in total. The van der Waals surface area contributed by atoms with Crippen molar-refractivity contribution < 1.29 is 28.5 Å². The zero-order valence-corrected chi connectivity index (χ0v) is 17.4. The number of carbonyl (C=O) groups excluding carboxylic acids is 2. The highest BCUT2D eigenvalue weighted by atomic mass is 16.5. The van der Waals surface area contributed by atoms with Gasteiger partial charge >= 0.3 is 0 Å². The van der Waals surface area contributed by atoms with Crippen LogP contribution in [0.15, 0.2) is 30.3 Å². The molecule has 2 aromatic carbocycles. The van der Waals surface area contributed by atoms with Gasteiger partial charge in [0.15, 0.2) is 17.6 Å². The van der Waals surface area contributed by atoms with Crippen molar-refractivity contribution in [2.24, 2.45) is 0 Å². The molecule has 0 aliphatic heterocycles. The van der Waals surface area contributed by atoms with Crippen LogP contribution in [0.1, 0.15) is 28.4 Å². The lowest BCUT2D eigenvalue weighted by atomic mass is 10.1. The van der Waals surface area contributed by atoms with Gasteiger partial charge < -0.3 is 18.9 Å². The molecule has 1 atom stereocenters. The smallest absolute Gasteiger partial charge is 0.279 e. The van der Waals surface area contributed by atoms with E-state index in [9.17, 15) is 9.59 Å². The molecule has 2 rings (SSSR count). The van der Waals surface area contributed by atoms with Gasteiger partial charge in [-0.25, -0.2) is 0 Å². The molecule has 0 saturated carbocycles. The van der Waals surface area contributed by atoms with E-state index in [1.165, 1.54) is 33.5 Å². The third kappa shape index (κ3) is 5.10. The van der Waals surface area contributed by atoms with Gasteiger partial charge in [0.05, 0.1) is 21.3 Å². The zero-order chi connectivity index (χ0) is 21.6. The Balaban J connectivity index is 2.04. The lowest BCUT2D eigenvalue weighted by molar-refractivity contribution is -0.128. The first-order valence-electron chi connectivity index (χ1n) is 8.95. The largest absolute Gasteiger partial charge is 0.493 e. The quantitative estimate of drug-likeness (QED) is 0.691. The Bertz CT molecular complexity index is 872. The Hall–Kier alpha value is -3.42. The normalized spacial score (nSPS) is 11.2. The van der Waals surface area contributed by atoms with Crippen LogP contribution in [0.4, 0.5) is 0 Å². The van der Waals surface area contributed by atoms with Crippen LogP contribution in [0.5, 0.6) is 23.0 Å². The standard InChI is InChI=1S/C21H26N2O6/c1-12-8-7-9-16(13(12)2)29-14(3)20(24)22-23-21(25)15-10-17(26-4)19(28-6)18(11-15)27-5/h7-11,14H,1-6H3,(H,22,24)(H,23,25)/t14-/m0/s1. The number of ether oxygens (including phenoxy) is 4. The molecule has 0 unspecified atom stereocenters. The summed E-state index contributed by atoms with van der Waals surface area (Å²) in [6, 6.07) is 8.58. The van der Waals surface area contributed by atoms with Crippen molar-refractivity contribution in [3.8, 4) is 23.0 Å². The fraction of sp³-hybridized carbons (Fsp3) is 0.333. The Labute approximate surface area is 170 Å². The molecule has 8 nitrogen and oxygen atoms in total. The molecule has 0 aromatic heterocycles. The summed E-state index contributed by atoms with van der Waals surface area (Å²) in [5.74, 6) is 0.600. The van der Waals surface area contributed by atoms with E-state index in [1.807, 2.05) is 26.0 Å². The summed E-state index contributed by atoms with van der Waals surface area (Å²) in [6.45, 7) is 5.48. The van der Waals surface area contributed by atoms with Crippen molar-refractivity contribution in [1.82, 2.24) is 10.9 Å². The molecule has 156 valence electrons. The number of nitrogens with one attached hydrogen (secondary N) is 2. The average Bonchev–Trinajstić information content (AvgIpc) is 2.73. The topological polar surface area (TPSA) is 95.1 Å². The lowest BCUT2D eigenvalue weighted by Gasteiger charge is -2.18. The fourth-order valence-corrected chi connectivity index (χ4v) is 2.60. The molecule has 0 bridgehead atoms. The fourth-order valence-electron chi connectivity index (χ4n) is 2.60. The molecule has 8 heteroatoms. The van der Waals surface area contributed by atoms with E-state index in [0.29, 0.717) is 23.0 Å². The highest BCUT2D eigenvalue weighted by molar-refractivity contribution is 5.97. The maximum Gasteiger partial charge on any atom is 0.279 e. The van der Waals surface area contributed by atoms with E-state index < -0.39 is 17.9 Å². The van der Waals surface area contributed by atoms with E-state index in [1.54, 1.807) is 13.0 Å². The van der Waals surface area contributed by atoms with Gasteiger partial charge in [0.1, 0.15) is 5.75 Å². The molecule has 0 aliphatic rings. The van der Waals surface area contributed by atoms with Gasteiger partial charge in [0.2, 0.25) is 5.75 Å². The van der Waals surface area contributed by atoms with Gasteiger partial charge in [0, 0.05) is 5.56 Å². The summed E-state index contributed by atoms with van der Waals surface area (Å²) in [7, 11) is 4.37. The minimum atomic E-state index is -0.810.